The van der Waals surface area contributed by atoms with Gasteiger partial charge in [-0.25, -0.2) is 0 Å². The fourth-order valence-electron chi connectivity index (χ4n) is 3.87. The van der Waals surface area contributed by atoms with E-state index in [1.54, 1.807) is 0 Å². The molecule has 1 amide bonds. The summed E-state index contributed by atoms with van der Waals surface area (Å²) >= 11 is 0. The average Bonchev–Trinajstić information content (AvgIpc) is 2.77. The van der Waals surface area contributed by atoms with Crippen LogP contribution in [-0.4, -0.2) is 79.3 Å². The molecule has 0 spiro atoms. The van der Waals surface area contributed by atoms with Crippen molar-refractivity contribution in [3.63, 3.8) is 0 Å². The number of benzene rings is 1. The van der Waals surface area contributed by atoms with Gasteiger partial charge in [0.1, 0.15) is 0 Å². The summed E-state index contributed by atoms with van der Waals surface area (Å²) in [7, 11) is 0. The summed E-state index contributed by atoms with van der Waals surface area (Å²) in [6.07, 6.45) is 1.05. The summed E-state index contributed by atoms with van der Waals surface area (Å²) in [4.78, 5) is 21.5. The summed E-state index contributed by atoms with van der Waals surface area (Å²) in [5.41, 5.74) is 2.05. The van der Waals surface area contributed by atoms with Crippen LogP contribution in [0.25, 0.3) is 0 Å². The van der Waals surface area contributed by atoms with Crippen molar-refractivity contribution in [2.45, 2.75) is 32.8 Å². The van der Waals surface area contributed by atoms with Crippen molar-refractivity contribution in [3.05, 3.63) is 35.4 Å². The van der Waals surface area contributed by atoms with E-state index in [-0.39, 0.29) is 35.8 Å². The van der Waals surface area contributed by atoms with Crippen LogP contribution in [0.5, 0.6) is 0 Å². The Morgan fingerprint density at radius 3 is 2.40 bits per heavy atom. The third-order valence-electron chi connectivity index (χ3n) is 5.68. The number of nitrogens with one attached hydrogen (secondary N) is 1. The number of aliphatic imine (C=N–C) groups is 1. The topological polar surface area (TPSA) is 77.4 Å². The van der Waals surface area contributed by atoms with Crippen molar-refractivity contribution >= 4 is 35.8 Å². The number of piperidine rings is 1. The highest BCUT2D eigenvalue weighted by Gasteiger charge is 2.30. The first-order valence-corrected chi connectivity index (χ1v) is 10.7. The third kappa shape index (κ3) is 6.81. The van der Waals surface area contributed by atoms with Crippen molar-refractivity contribution in [1.29, 1.82) is 0 Å². The highest BCUT2D eigenvalue weighted by atomic mass is 127. The van der Waals surface area contributed by atoms with Crippen LogP contribution in [0.2, 0.25) is 0 Å². The molecule has 2 aliphatic heterocycles. The van der Waals surface area contributed by atoms with Gasteiger partial charge in [-0.15, -0.1) is 24.0 Å². The SMILES string of the molecule is CCNC(=NCC(O)c1ccc(C)cc1)N1CCC(C(=O)N2CCOCC2)CC1.I. The molecule has 2 fully saturated rings. The molecule has 0 radical (unpaired) electrons. The molecule has 1 aromatic carbocycles. The van der Waals surface area contributed by atoms with Crippen molar-refractivity contribution in [2.75, 3.05) is 52.5 Å². The van der Waals surface area contributed by atoms with E-state index >= 15 is 0 Å². The van der Waals surface area contributed by atoms with Gasteiger partial charge < -0.3 is 25.0 Å². The second-order valence-electron chi connectivity index (χ2n) is 7.82. The molecule has 8 heteroatoms. The Balaban J connectivity index is 0.00000320. The molecular weight excluding hydrogens is 495 g/mol. The number of amides is 1. The zero-order chi connectivity index (χ0) is 20.6. The molecule has 2 N–H and O–H groups in total. The third-order valence-corrected chi connectivity index (χ3v) is 5.68. The zero-order valence-corrected chi connectivity index (χ0v) is 20.4. The first kappa shape index (κ1) is 24.9. The lowest BCUT2D eigenvalue weighted by Crippen LogP contribution is -2.50. The van der Waals surface area contributed by atoms with Gasteiger partial charge in [0.15, 0.2) is 5.96 Å². The number of rotatable bonds is 5. The number of ether oxygens (including phenoxy) is 1. The van der Waals surface area contributed by atoms with Crippen molar-refractivity contribution in [1.82, 2.24) is 15.1 Å². The minimum atomic E-state index is -0.621. The summed E-state index contributed by atoms with van der Waals surface area (Å²) in [5, 5.41) is 13.8. The molecular formula is C22H35IN4O3. The number of aliphatic hydroxyl groups excluding tert-OH is 1. The second-order valence-corrected chi connectivity index (χ2v) is 7.82. The number of aliphatic hydroxyl groups is 1. The Bertz CT molecular complexity index is 684. The first-order chi connectivity index (χ1) is 14.1. The maximum Gasteiger partial charge on any atom is 0.225 e. The van der Waals surface area contributed by atoms with Crippen LogP contribution in [0, 0.1) is 12.8 Å². The lowest BCUT2D eigenvalue weighted by molar-refractivity contribution is -0.140. The van der Waals surface area contributed by atoms with E-state index in [4.69, 9.17) is 4.74 Å². The van der Waals surface area contributed by atoms with Gasteiger partial charge in [-0.2, -0.15) is 0 Å². The smallest absolute Gasteiger partial charge is 0.225 e. The molecule has 3 rings (SSSR count). The largest absolute Gasteiger partial charge is 0.386 e. The van der Waals surface area contributed by atoms with Crippen LogP contribution < -0.4 is 5.32 Å². The zero-order valence-electron chi connectivity index (χ0n) is 18.0. The molecule has 0 aromatic heterocycles. The highest BCUT2D eigenvalue weighted by Crippen LogP contribution is 2.21. The number of nitrogens with zero attached hydrogens (tertiary/aromatic N) is 3. The molecule has 2 aliphatic rings. The number of guanidine groups is 1. The molecule has 1 atom stereocenters. The minimum absolute atomic E-state index is 0. The van der Waals surface area contributed by atoms with Gasteiger partial charge in [0.25, 0.3) is 0 Å². The molecule has 168 valence electrons. The summed E-state index contributed by atoms with van der Waals surface area (Å²) in [6, 6.07) is 7.91. The number of carbonyl (C=O) groups excluding carboxylic acids is 1. The summed E-state index contributed by atoms with van der Waals surface area (Å²) in [6.45, 7) is 9.46. The quantitative estimate of drug-likeness (QED) is 0.347. The fourth-order valence-corrected chi connectivity index (χ4v) is 3.87. The van der Waals surface area contributed by atoms with Gasteiger partial charge in [-0.1, -0.05) is 29.8 Å². The summed E-state index contributed by atoms with van der Waals surface area (Å²) < 4.78 is 5.35. The molecule has 0 bridgehead atoms. The Morgan fingerprint density at radius 1 is 1.17 bits per heavy atom. The van der Waals surface area contributed by atoms with Crippen LogP contribution in [-0.2, 0) is 9.53 Å². The number of halogens is 1. The monoisotopic (exact) mass is 530 g/mol. The van der Waals surface area contributed by atoms with Gasteiger partial charge in [-0.05, 0) is 32.3 Å². The number of hydrogen-bond donors (Lipinski definition) is 2. The molecule has 2 heterocycles. The minimum Gasteiger partial charge on any atom is -0.386 e. The Hall–Kier alpha value is -1.39. The molecule has 7 nitrogen and oxygen atoms in total. The lowest BCUT2D eigenvalue weighted by Gasteiger charge is -2.36. The Labute approximate surface area is 196 Å². The molecule has 2 saturated heterocycles. The highest BCUT2D eigenvalue weighted by molar-refractivity contribution is 14.0. The van der Waals surface area contributed by atoms with Crippen LogP contribution in [0.1, 0.15) is 37.0 Å². The number of likely N-dealkylation sites (tertiary alicyclic amines) is 1. The van der Waals surface area contributed by atoms with Gasteiger partial charge >= 0.3 is 0 Å². The maximum atomic E-state index is 12.7. The predicted octanol–water partition coefficient (Wildman–Crippen LogP) is 2.18. The molecule has 30 heavy (non-hydrogen) atoms. The van der Waals surface area contributed by atoms with Gasteiger partial charge in [0.05, 0.1) is 25.9 Å². The van der Waals surface area contributed by atoms with Crippen molar-refractivity contribution in [3.8, 4) is 0 Å². The van der Waals surface area contributed by atoms with Gasteiger partial charge in [-0.3, -0.25) is 9.79 Å². The number of carbonyl (C=O) groups is 1. The summed E-state index contributed by atoms with van der Waals surface area (Å²) in [5.74, 6) is 1.17. The van der Waals surface area contributed by atoms with E-state index in [2.05, 4.69) is 15.2 Å². The molecule has 0 aliphatic carbocycles. The van der Waals surface area contributed by atoms with Crippen LogP contribution in [0.4, 0.5) is 0 Å². The number of hydrogen-bond acceptors (Lipinski definition) is 4. The fraction of sp³-hybridized carbons (Fsp3) is 0.636. The van der Waals surface area contributed by atoms with E-state index in [9.17, 15) is 9.90 Å². The lowest BCUT2D eigenvalue weighted by atomic mass is 9.95. The number of aryl methyl sites for hydroxylation is 1. The molecule has 1 aromatic rings. The van der Waals surface area contributed by atoms with Crippen LogP contribution in [0.3, 0.4) is 0 Å². The van der Waals surface area contributed by atoms with Crippen molar-refractivity contribution < 1.29 is 14.6 Å². The van der Waals surface area contributed by atoms with E-state index < -0.39 is 6.10 Å². The van der Waals surface area contributed by atoms with Crippen molar-refractivity contribution in [2.24, 2.45) is 10.9 Å². The average molecular weight is 530 g/mol. The van der Waals surface area contributed by atoms with E-state index in [0.29, 0.717) is 32.8 Å². The van der Waals surface area contributed by atoms with Gasteiger partial charge in [0, 0.05) is 38.6 Å². The van der Waals surface area contributed by atoms with Crippen LogP contribution >= 0.6 is 24.0 Å². The Kier molecular flexibility index (Phi) is 10.3. The molecule has 0 saturated carbocycles. The van der Waals surface area contributed by atoms with E-state index in [1.807, 2.05) is 43.0 Å². The maximum absolute atomic E-state index is 12.7. The number of morpholine rings is 1. The Morgan fingerprint density at radius 2 is 1.80 bits per heavy atom. The predicted molar refractivity (Wildman–Crippen MR) is 129 cm³/mol. The van der Waals surface area contributed by atoms with Gasteiger partial charge in [0.2, 0.25) is 5.91 Å². The van der Waals surface area contributed by atoms with E-state index in [1.165, 1.54) is 5.56 Å². The second kappa shape index (κ2) is 12.5. The normalized spacial score (nSPS) is 19.2. The van der Waals surface area contributed by atoms with E-state index in [0.717, 1.165) is 44.0 Å². The van der Waals surface area contributed by atoms with Crippen LogP contribution in [0.15, 0.2) is 29.3 Å². The standard InChI is InChI=1S/C22H34N4O3.HI/c1-3-23-22(24-16-20(27)18-6-4-17(2)5-7-18)26-10-8-19(9-11-26)21(28)25-12-14-29-15-13-25;/h4-7,19-20,27H,3,8-16H2,1-2H3,(H,23,24);1H. The first-order valence-electron chi connectivity index (χ1n) is 10.7. The molecule has 1 unspecified atom stereocenters.